The summed E-state index contributed by atoms with van der Waals surface area (Å²) in [6.07, 6.45) is 2.88. The van der Waals surface area contributed by atoms with Gasteiger partial charge in [0.2, 0.25) is 0 Å². The van der Waals surface area contributed by atoms with Crippen molar-refractivity contribution >= 4 is 28.2 Å². The second kappa shape index (κ2) is 8.15. The number of anilines is 1. The van der Waals surface area contributed by atoms with Crippen LogP contribution in [0.5, 0.6) is 0 Å². The van der Waals surface area contributed by atoms with Gasteiger partial charge < -0.3 is 10.2 Å². The summed E-state index contributed by atoms with van der Waals surface area (Å²) in [4.78, 5) is 28.2. The van der Waals surface area contributed by atoms with E-state index in [9.17, 15) is 14.9 Å². The van der Waals surface area contributed by atoms with Crippen LogP contribution in [-0.4, -0.2) is 39.6 Å². The topological polar surface area (TPSA) is 91.0 Å². The molecule has 2 aromatic rings. The molecule has 2 heterocycles. The SMILES string of the molecule is CCN(CC)C(=O)c1cc(C(=O)Nc2sc3c(c2C#N)CCC(C)C3)n(C)n1. The number of nitrogens with zero attached hydrogens (tertiary/aromatic N) is 4. The Morgan fingerprint density at radius 3 is 2.79 bits per heavy atom. The minimum atomic E-state index is -0.364. The molecule has 3 rings (SSSR count). The van der Waals surface area contributed by atoms with Crippen LogP contribution >= 0.6 is 11.3 Å². The van der Waals surface area contributed by atoms with Crippen LogP contribution in [0, 0.1) is 17.2 Å². The van der Waals surface area contributed by atoms with Gasteiger partial charge in [0.05, 0.1) is 5.56 Å². The number of amides is 2. The summed E-state index contributed by atoms with van der Waals surface area (Å²) in [5, 5.41) is 17.3. The number of carbonyl (C=O) groups excluding carboxylic acids is 2. The minimum absolute atomic E-state index is 0.196. The number of carbonyl (C=O) groups is 2. The zero-order valence-corrected chi connectivity index (χ0v) is 17.5. The molecular weight excluding hydrogens is 374 g/mol. The molecule has 0 radical (unpaired) electrons. The van der Waals surface area contributed by atoms with E-state index in [4.69, 9.17) is 0 Å². The van der Waals surface area contributed by atoms with Crippen LogP contribution in [0.2, 0.25) is 0 Å². The van der Waals surface area contributed by atoms with Gasteiger partial charge in [0.1, 0.15) is 16.8 Å². The Morgan fingerprint density at radius 1 is 1.43 bits per heavy atom. The fourth-order valence-corrected chi connectivity index (χ4v) is 4.94. The lowest BCUT2D eigenvalue weighted by atomic mass is 9.89. The predicted molar refractivity (Wildman–Crippen MR) is 109 cm³/mol. The summed E-state index contributed by atoms with van der Waals surface area (Å²) in [5.41, 5.74) is 2.18. The maximum Gasteiger partial charge on any atom is 0.274 e. The summed E-state index contributed by atoms with van der Waals surface area (Å²) in [7, 11) is 1.64. The monoisotopic (exact) mass is 399 g/mol. The molecule has 0 saturated heterocycles. The van der Waals surface area contributed by atoms with Crippen molar-refractivity contribution in [3.05, 3.63) is 33.5 Å². The lowest BCUT2D eigenvalue weighted by Crippen LogP contribution is -2.30. The molecule has 0 spiro atoms. The Morgan fingerprint density at radius 2 is 2.14 bits per heavy atom. The highest BCUT2D eigenvalue weighted by Crippen LogP contribution is 2.39. The van der Waals surface area contributed by atoms with Gasteiger partial charge in [-0.3, -0.25) is 14.3 Å². The summed E-state index contributed by atoms with van der Waals surface area (Å²) in [5.74, 6) is 0.0293. The molecule has 2 aromatic heterocycles. The highest BCUT2D eigenvalue weighted by atomic mass is 32.1. The van der Waals surface area contributed by atoms with Gasteiger partial charge in [-0.15, -0.1) is 11.3 Å². The predicted octanol–water partition coefficient (Wildman–Crippen LogP) is 3.21. The third-order valence-corrected chi connectivity index (χ3v) is 6.40. The van der Waals surface area contributed by atoms with Gasteiger partial charge in [0.25, 0.3) is 11.8 Å². The zero-order chi connectivity index (χ0) is 20.4. The van der Waals surface area contributed by atoms with E-state index in [0.29, 0.717) is 35.3 Å². The smallest absolute Gasteiger partial charge is 0.274 e. The van der Waals surface area contributed by atoms with Gasteiger partial charge in [0, 0.05) is 31.1 Å². The van der Waals surface area contributed by atoms with E-state index in [2.05, 4.69) is 23.4 Å². The molecule has 0 fully saturated rings. The third kappa shape index (κ3) is 3.67. The number of hydrogen-bond acceptors (Lipinski definition) is 5. The largest absolute Gasteiger partial charge is 0.338 e. The summed E-state index contributed by atoms with van der Waals surface area (Å²) < 4.78 is 1.41. The van der Waals surface area contributed by atoms with Crippen molar-refractivity contribution in [2.75, 3.05) is 18.4 Å². The van der Waals surface area contributed by atoms with Crippen molar-refractivity contribution in [1.82, 2.24) is 14.7 Å². The second-order valence-electron chi connectivity index (χ2n) is 7.14. The number of rotatable bonds is 5. The normalized spacial score (nSPS) is 15.6. The van der Waals surface area contributed by atoms with Crippen molar-refractivity contribution in [2.45, 2.75) is 40.0 Å². The fourth-order valence-electron chi connectivity index (χ4n) is 3.58. The Labute approximate surface area is 168 Å². The molecule has 1 aliphatic carbocycles. The Bertz CT molecular complexity index is 949. The lowest BCUT2D eigenvalue weighted by molar-refractivity contribution is 0.0766. The quantitative estimate of drug-likeness (QED) is 0.836. The maximum absolute atomic E-state index is 12.8. The van der Waals surface area contributed by atoms with Gasteiger partial charge >= 0.3 is 0 Å². The number of fused-ring (bicyclic) bond motifs is 1. The standard InChI is InChI=1S/C20H25N5O2S/c1-5-25(6-2)20(27)15-10-16(24(4)23-15)18(26)22-19-14(11-21)13-8-7-12(3)9-17(13)28-19/h10,12H,5-9H2,1-4H3,(H,22,26). The van der Waals surface area contributed by atoms with E-state index < -0.39 is 0 Å². The number of nitriles is 1. The highest BCUT2D eigenvalue weighted by molar-refractivity contribution is 7.16. The first-order valence-corrected chi connectivity index (χ1v) is 10.4. The number of hydrogen-bond donors (Lipinski definition) is 1. The van der Waals surface area contributed by atoms with Crippen LogP contribution in [-0.2, 0) is 19.9 Å². The molecule has 7 nitrogen and oxygen atoms in total. The molecule has 2 amide bonds. The molecule has 8 heteroatoms. The summed E-state index contributed by atoms with van der Waals surface area (Å²) >= 11 is 1.49. The first-order valence-electron chi connectivity index (χ1n) is 9.58. The number of nitrogens with one attached hydrogen (secondary N) is 1. The number of aromatic nitrogens is 2. The first-order chi connectivity index (χ1) is 13.4. The van der Waals surface area contributed by atoms with E-state index in [1.54, 1.807) is 11.9 Å². The van der Waals surface area contributed by atoms with Gasteiger partial charge in [0.15, 0.2) is 5.69 Å². The lowest BCUT2D eigenvalue weighted by Gasteiger charge is -2.17. The van der Waals surface area contributed by atoms with Crippen LogP contribution in [0.1, 0.15) is 64.2 Å². The molecule has 1 atom stereocenters. The van der Waals surface area contributed by atoms with Crippen LogP contribution in [0.3, 0.4) is 0 Å². The van der Waals surface area contributed by atoms with Crippen LogP contribution in [0.25, 0.3) is 0 Å². The van der Waals surface area contributed by atoms with Crippen molar-refractivity contribution in [3.8, 4) is 6.07 Å². The molecule has 0 aromatic carbocycles. The Balaban J connectivity index is 1.85. The average molecular weight is 400 g/mol. The Kier molecular flexibility index (Phi) is 5.84. The molecule has 148 valence electrons. The van der Waals surface area contributed by atoms with Gasteiger partial charge in [-0.1, -0.05) is 6.92 Å². The molecule has 1 unspecified atom stereocenters. The van der Waals surface area contributed by atoms with Crippen molar-refractivity contribution < 1.29 is 9.59 Å². The van der Waals surface area contributed by atoms with Crippen molar-refractivity contribution in [1.29, 1.82) is 5.26 Å². The molecular formula is C20H25N5O2S. The molecule has 0 bridgehead atoms. The van der Waals surface area contributed by atoms with E-state index >= 15 is 0 Å². The summed E-state index contributed by atoms with van der Waals surface area (Å²) in [6, 6.07) is 3.77. The minimum Gasteiger partial charge on any atom is -0.338 e. The van der Waals surface area contributed by atoms with Gasteiger partial charge in [-0.25, -0.2) is 0 Å². The number of aryl methyl sites for hydroxylation is 1. The fraction of sp³-hybridized carbons (Fsp3) is 0.500. The van der Waals surface area contributed by atoms with Gasteiger partial charge in [-0.05, 0) is 44.6 Å². The van der Waals surface area contributed by atoms with Crippen molar-refractivity contribution in [3.63, 3.8) is 0 Å². The zero-order valence-electron chi connectivity index (χ0n) is 16.7. The average Bonchev–Trinajstić information content (AvgIpc) is 3.21. The van der Waals surface area contributed by atoms with Crippen LogP contribution < -0.4 is 5.32 Å². The number of thiophene rings is 1. The first kappa shape index (κ1) is 20.1. The van der Waals surface area contributed by atoms with E-state index in [1.807, 2.05) is 13.8 Å². The molecule has 0 aliphatic heterocycles. The second-order valence-corrected chi connectivity index (χ2v) is 8.24. The molecule has 1 N–H and O–H groups in total. The molecule has 0 saturated carbocycles. The van der Waals surface area contributed by atoms with Gasteiger partial charge in [-0.2, -0.15) is 10.4 Å². The molecule has 1 aliphatic rings. The maximum atomic E-state index is 12.8. The highest BCUT2D eigenvalue weighted by Gasteiger charge is 2.26. The Hall–Kier alpha value is -2.66. The van der Waals surface area contributed by atoms with E-state index in [1.165, 1.54) is 27.0 Å². The van der Waals surface area contributed by atoms with Crippen molar-refractivity contribution in [2.24, 2.45) is 13.0 Å². The van der Waals surface area contributed by atoms with Crippen LogP contribution in [0.4, 0.5) is 5.00 Å². The van der Waals surface area contributed by atoms with E-state index in [-0.39, 0.29) is 17.5 Å². The van der Waals surface area contributed by atoms with Crippen LogP contribution in [0.15, 0.2) is 6.07 Å². The van der Waals surface area contributed by atoms with E-state index in [0.717, 1.165) is 24.8 Å². The molecule has 28 heavy (non-hydrogen) atoms. The third-order valence-electron chi connectivity index (χ3n) is 5.23. The summed E-state index contributed by atoms with van der Waals surface area (Å²) in [6.45, 7) is 7.18.